The van der Waals surface area contributed by atoms with Crippen LogP contribution in [0.25, 0.3) is 0 Å². The Morgan fingerprint density at radius 2 is 1.38 bits per heavy atom. The zero-order valence-corrected chi connectivity index (χ0v) is 9.49. The summed E-state index contributed by atoms with van der Waals surface area (Å²) in [6, 6.07) is 0. The second kappa shape index (κ2) is 4.62. The van der Waals surface area contributed by atoms with E-state index in [4.69, 9.17) is 50.1 Å². The number of halogens is 3. The predicted molar refractivity (Wildman–Crippen MR) is 51.9 cm³/mol. The van der Waals surface area contributed by atoms with Crippen molar-refractivity contribution in [2.24, 2.45) is 0 Å². The fourth-order valence-corrected chi connectivity index (χ4v) is 1.49. The van der Waals surface area contributed by atoms with E-state index < -0.39 is 33.2 Å². The van der Waals surface area contributed by atoms with Gasteiger partial charge < -0.3 is 20.4 Å². The third-order valence-corrected chi connectivity index (χ3v) is 3.06. The van der Waals surface area contributed by atoms with E-state index in [0.717, 1.165) is 0 Å². The monoisotopic (exact) mass is 294 g/mol. The van der Waals surface area contributed by atoms with Crippen LogP contribution in [0.1, 0.15) is 0 Å². The van der Waals surface area contributed by atoms with E-state index in [1.165, 1.54) is 0 Å². The minimum atomic E-state index is -3.59. The lowest BCUT2D eigenvalue weighted by Gasteiger charge is -2.33. The summed E-state index contributed by atoms with van der Waals surface area (Å²) in [5, 5.41) is 32.5. The molecule has 0 aromatic rings. The molecule has 0 spiro atoms. The van der Waals surface area contributed by atoms with E-state index in [1.807, 2.05) is 0 Å². The smallest absolute Gasteiger partial charge is 0.344 e. The Kier molecular flexibility index (Phi) is 4.40. The van der Waals surface area contributed by atoms with Gasteiger partial charge in [-0.1, -0.05) is 23.2 Å². The molecule has 7 nitrogen and oxygen atoms in total. The lowest BCUT2D eigenvalue weighted by atomic mass is 9.94. The largest absolute Gasteiger partial charge is 0.480 e. The van der Waals surface area contributed by atoms with Crippen LogP contribution in [0.4, 0.5) is 0 Å². The zero-order valence-electron chi connectivity index (χ0n) is 7.22. The molecular weight excluding hydrogens is 290 g/mol. The van der Waals surface area contributed by atoms with E-state index >= 15 is 0 Å². The van der Waals surface area contributed by atoms with E-state index in [9.17, 15) is 19.5 Å². The fourth-order valence-electron chi connectivity index (χ4n) is 0.744. The van der Waals surface area contributed by atoms with Crippen molar-refractivity contribution in [2.75, 3.05) is 0 Å². The molecule has 0 aromatic carbocycles. The van der Waals surface area contributed by atoms with Gasteiger partial charge in [-0.2, -0.15) is 0 Å². The lowest BCUT2D eigenvalue weighted by molar-refractivity contribution is -0.171. The van der Waals surface area contributed by atoms with Gasteiger partial charge in [0.25, 0.3) is 4.33 Å². The lowest BCUT2D eigenvalue weighted by Crippen LogP contribution is -2.64. The van der Waals surface area contributed by atoms with Gasteiger partial charge in [0.15, 0.2) is 5.38 Å². The molecule has 0 heterocycles. The molecule has 0 bridgehead atoms. The summed E-state index contributed by atoms with van der Waals surface area (Å²) in [6.45, 7) is 0. The Morgan fingerprint density at radius 3 is 1.56 bits per heavy atom. The van der Waals surface area contributed by atoms with Gasteiger partial charge in [0.05, 0.1) is 0 Å². The van der Waals surface area contributed by atoms with Crippen LogP contribution in [0.2, 0.25) is 0 Å². The van der Waals surface area contributed by atoms with E-state index in [0.29, 0.717) is 0 Å². The molecule has 16 heavy (non-hydrogen) atoms. The van der Waals surface area contributed by atoms with Gasteiger partial charge >= 0.3 is 17.9 Å². The standard InChI is InChI=1S/C6H5Cl3O7/c7-1(2(10)11)5(16,3(12)13)6(8,9)4(14)15/h1,16H,(H,10,11)(H,12,13)(H,14,15). The van der Waals surface area contributed by atoms with Crippen LogP contribution in [0, 0.1) is 0 Å². The van der Waals surface area contributed by atoms with Crippen molar-refractivity contribution >= 4 is 52.7 Å². The minimum absolute atomic E-state index is 1.99. The van der Waals surface area contributed by atoms with Gasteiger partial charge in [-0.3, -0.25) is 4.79 Å². The maximum Gasteiger partial charge on any atom is 0.344 e. The highest BCUT2D eigenvalue weighted by Gasteiger charge is 2.66. The summed E-state index contributed by atoms with van der Waals surface area (Å²) >= 11 is 15.3. The molecule has 2 atom stereocenters. The van der Waals surface area contributed by atoms with Crippen molar-refractivity contribution < 1.29 is 34.8 Å². The predicted octanol–water partition coefficient (Wildman–Crippen LogP) is -0.247. The van der Waals surface area contributed by atoms with Crippen molar-refractivity contribution in [2.45, 2.75) is 15.3 Å². The van der Waals surface area contributed by atoms with Crippen molar-refractivity contribution in [1.29, 1.82) is 0 Å². The minimum Gasteiger partial charge on any atom is -0.480 e. The zero-order chi connectivity index (χ0) is 13.3. The van der Waals surface area contributed by atoms with Crippen LogP contribution >= 0.6 is 34.8 Å². The summed E-state index contributed by atoms with van der Waals surface area (Å²) < 4.78 is -3.32. The van der Waals surface area contributed by atoms with Crippen molar-refractivity contribution in [1.82, 2.24) is 0 Å². The first-order valence-electron chi connectivity index (χ1n) is 3.43. The second-order valence-corrected chi connectivity index (χ2v) is 4.42. The molecule has 0 fully saturated rings. The molecule has 0 aliphatic carbocycles. The molecule has 10 heteroatoms. The van der Waals surface area contributed by atoms with Crippen LogP contribution in [-0.2, 0) is 14.4 Å². The molecule has 92 valence electrons. The number of aliphatic hydroxyl groups is 1. The highest BCUT2D eigenvalue weighted by molar-refractivity contribution is 6.60. The number of alkyl halides is 3. The molecule has 0 aliphatic heterocycles. The summed E-state index contributed by atoms with van der Waals surface area (Å²) in [6.07, 6.45) is 0. The average molecular weight is 295 g/mol. The molecule has 0 rings (SSSR count). The number of rotatable bonds is 5. The first kappa shape index (κ1) is 15.2. The van der Waals surface area contributed by atoms with Gasteiger partial charge in [0.1, 0.15) is 0 Å². The maximum atomic E-state index is 10.7. The first-order chi connectivity index (χ1) is 6.99. The second-order valence-electron chi connectivity index (χ2n) is 2.65. The average Bonchev–Trinajstić information content (AvgIpc) is 2.14. The Labute approximate surface area is 103 Å². The molecule has 0 amide bonds. The number of hydrogen-bond donors (Lipinski definition) is 4. The Bertz CT molecular complexity index is 341. The SMILES string of the molecule is O=C(O)C(Cl)C(O)(C(=O)O)C(Cl)(Cl)C(=O)O. The van der Waals surface area contributed by atoms with Crippen LogP contribution in [-0.4, -0.2) is 53.6 Å². The summed E-state index contributed by atoms with van der Waals surface area (Å²) in [5.74, 6) is -6.41. The highest BCUT2D eigenvalue weighted by Crippen LogP contribution is 2.39. The Morgan fingerprint density at radius 1 is 1.00 bits per heavy atom. The van der Waals surface area contributed by atoms with Crippen molar-refractivity contribution in [3.63, 3.8) is 0 Å². The fraction of sp³-hybridized carbons (Fsp3) is 0.500. The number of carboxylic acid groups (broad SMARTS) is 3. The Hall–Kier alpha value is -0.760. The molecule has 0 radical (unpaired) electrons. The van der Waals surface area contributed by atoms with Gasteiger partial charge in [-0.05, 0) is 0 Å². The van der Waals surface area contributed by atoms with Gasteiger partial charge in [0, 0.05) is 0 Å². The van der Waals surface area contributed by atoms with E-state index in [2.05, 4.69) is 0 Å². The molecule has 4 N–H and O–H groups in total. The molecule has 0 aromatic heterocycles. The van der Waals surface area contributed by atoms with E-state index in [1.54, 1.807) is 0 Å². The third-order valence-electron chi connectivity index (χ3n) is 1.66. The van der Waals surface area contributed by atoms with Crippen LogP contribution in [0.3, 0.4) is 0 Å². The summed E-state index contributed by atoms with van der Waals surface area (Å²) in [7, 11) is 0. The highest BCUT2D eigenvalue weighted by atomic mass is 35.5. The van der Waals surface area contributed by atoms with Gasteiger partial charge in [-0.15, -0.1) is 11.6 Å². The molecule has 0 saturated carbocycles. The van der Waals surface area contributed by atoms with Crippen LogP contribution < -0.4 is 0 Å². The first-order valence-corrected chi connectivity index (χ1v) is 4.62. The molecule has 0 saturated heterocycles. The van der Waals surface area contributed by atoms with Gasteiger partial charge in [0.2, 0.25) is 5.60 Å². The number of aliphatic carboxylic acids is 3. The van der Waals surface area contributed by atoms with Crippen LogP contribution in [0.15, 0.2) is 0 Å². The summed E-state index contributed by atoms with van der Waals surface area (Å²) in [4.78, 5) is 31.7. The maximum absolute atomic E-state index is 10.7. The normalized spacial score (nSPS) is 17.2. The topological polar surface area (TPSA) is 132 Å². The Balaban J connectivity index is 5.71. The molecule has 2 unspecified atom stereocenters. The molecular formula is C6H5Cl3O7. The third kappa shape index (κ3) is 2.17. The molecule has 0 aliphatic rings. The van der Waals surface area contributed by atoms with Crippen molar-refractivity contribution in [3.05, 3.63) is 0 Å². The number of carbonyl (C=O) groups is 3. The number of hydrogen-bond acceptors (Lipinski definition) is 4. The van der Waals surface area contributed by atoms with Crippen LogP contribution in [0.5, 0.6) is 0 Å². The van der Waals surface area contributed by atoms with Crippen molar-refractivity contribution in [3.8, 4) is 0 Å². The van der Waals surface area contributed by atoms with Gasteiger partial charge in [-0.25, -0.2) is 9.59 Å². The number of carboxylic acids is 3. The van der Waals surface area contributed by atoms with E-state index in [-0.39, 0.29) is 0 Å². The summed E-state index contributed by atoms with van der Waals surface area (Å²) in [5.41, 5.74) is -3.59. The quantitative estimate of drug-likeness (QED) is 0.514.